The van der Waals surface area contributed by atoms with Crippen molar-refractivity contribution in [2.75, 3.05) is 0 Å². The lowest BCUT2D eigenvalue weighted by atomic mass is 9.98. The molecule has 0 spiro atoms. The van der Waals surface area contributed by atoms with Crippen LogP contribution in [-0.2, 0) is 21.2 Å². The van der Waals surface area contributed by atoms with E-state index < -0.39 is 5.60 Å². The first-order valence-electron chi connectivity index (χ1n) is 10.4. The molecule has 0 bridgehead atoms. The number of benzene rings is 4. The summed E-state index contributed by atoms with van der Waals surface area (Å²) < 4.78 is 6.90. The number of rotatable bonds is 6. The topological polar surface area (TPSA) is 26.3 Å². The number of esters is 1. The summed E-state index contributed by atoms with van der Waals surface area (Å²) in [5.41, 5.74) is 0.788. The Labute approximate surface area is 206 Å². The molecule has 0 aliphatic heterocycles. The van der Waals surface area contributed by atoms with Crippen LogP contribution < -0.4 is 0 Å². The van der Waals surface area contributed by atoms with Gasteiger partial charge in [0.1, 0.15) is 5.60 Å². The number of hydrogen-bond donors (Lipinski definition) is 0. The van der Waals surface area contributed by atoms with Crippen molar-refractivity contribution < 1.29 is 9.53 Å². The Morgan fingerprint density at radius 2 is 1.25 bits per heavy atom. The first-order valence-corrected chi connectivity index (χ1v) is 12.7. The molecule has 4 rings (SSSR count). The second-order valence-corrected chi connectivity index (χ2v) is 11.1. The molecule has 4 aromatic rings. The molecule has 0 heterocycles. The maximum atomic E-state index is 12.7. The molecule has 2 nitrogen and oxygen atoms in total. The largest absolute Gasteiger partial charge is 0.451 e. The summed E-state index contributed by atoms with van der Waals surface area (Å²) in [5.74, 6) is -0.314. The van der Waals surface area contributed by atoms with Gasteiger partial charge in [-0.3, -0.25) is 0 Å². The smallest absolute Gasteiger partial charge is 0.339 e. The molecule has 0 saturated heterocycles. The normalized spacial score (nSPS) is 11.4. The average Bonchev–Trinajstić information content (AvgIpc) is 2.81. The predicted octanol–water partition coefficient (Wildman–Crippen LogP) is 7.48. The molecule has 0 amide bonds. The molecule has 0 unspecified atom stereocenters. The second kappa shape index (κ2) is 9.92. The molecule has 0 N–H and O–H groups in total. The van der Waals surface area contributed by atoms with Gasteiger partial charge in [-0.05, 0) is 96.6 Å². The van der Waals surface area contributed by atoms with E-state index in [-0.39, 0.29) is 16.9 Å². The fourth-order valence-electron chi connectivity index (χ4n) is 3.48. The van der Waals surface area contributed by atoms with E-state index in [1.807, 2.05) is 44.2 Å². The quantitative estimate of drug-likeness (QED) is 0.141. The van der Waals surface area contributed by atoms with E-state index in [0.29, 0.717) is 5.56 Å². The van der Waals surface area contributed by atoms with Crippen LogP contribution in [0.15, 0.2) is 124 Å². The van der Waals surface area contributed by atoms with E-state index in [4.69, 9.17) is 4.74 Å². The molecule has 160 valence electrons. The van der Waals surface area contributed by atoms with Crippen LogP contribution in [0.25, 0.3) is 0 Å². The van der Waals surface area contributed by atoms with Crippen LogP contribution >= 0.6 is 22.6 Å². The predicted molar refractivity (Wildman–Crippen MR) is 139 cm³/mol. The molecule has 32 heavy (non-hydrogen) atoms. The van der Waals surface area contributed by atoms with Gasteiger partial charge in [-0.25, -0.2) is 4.79 Å². The lowest BCUT2D eigenvalue weighted by molar-refractivity contribution is -0.00315. The van der Waals surface area contributed by atoms with Gasteiger partial charge < -0.3 is 4.74 Å². The highest BCUT2D eigenvalue weighted by atomic mass is 127. The molecule has 0 fully saturated rings. The summed E-state index contributed by atoms with van der Waals surface area (Å²) in [7, 11) is -0.201. The lowest BCUT2D eigenvalue weighted by Gasteiger charge is -2.26. The standard InChI is InChI=1S/C28H24IO2S/c1-28(2,31-27(30)21-10-9-11-23(29)20-21)22-16-18-26(19-17-22)32(24-12-5-3-6-13-24)25-14-7-4-8-15-25/h3-20H,1-2H3/q+1. The Hall–Kier alpha value is -2.57. The zero-order valence-corrected chi connectivity index (χ0v) is 21.0. The van der Waals surface area contributed by atoms with Gasteiger partial charge in [0.25, 0.3) is 0 Å². The van der Waals surface area contributed by atoms with Gasteiger partial charge in [0.2, 0.25) is 0 Å². The zero-order chi connectivity index (χ0) is 22.6. The summed E-state index contributed by atoms with van der Waals surface area (Å²) in [6, 6.07) is 37.0. The lowest BCUT2D eigenvalue weighted by Crippen LogP contribution is -2.25. The third-order valence-corrected chi connectivity index (χ3v) is 8.05. The Balaban J connectivity index is 1.61. The van der Waals surface area contributed by atoms with Gasteiger partial charge in [0.15, 0.2) is 14.7 Å². The highest BCUT2D eigenvalue weighted by molar-refractivity contribution is 14.1. The monoisotopic (exact) mass is 551 g/mol. The van der Waals surface area contributed by atoms with Gasteiger partial charge in [-0.15, -0.1) is 0 Å². The minimum atomic E-state index is -0.741. The SMILES string of the molecule is CC(C)(OC(=O)c1cccc(I)c1)c1ccc([S+](c2ccccc2)c2ccccc2)cc1. The third-order valence-electron chi connectivity index (χ3n) is 5.15. The van der Waals surface area contributed by atoms with Crippen LogP contribution in [0.3, 0.4) is 0 Å². The first-order chi connectivity index (χ1) is 15.4. The Kier molecular flexibility index (Phi) is 7.01. The molecule has 0 aliphatic rings. The molecule has 0 atom stereocenters. The van der Waals surface area contributed by atoms with Crippen molar-refractivity contribution in [2.45, 2.75) is 34.1 Å². The molecular weight excluding hydrogens is 527 g/mol. The van der Waals surface area contributed by atoms with E-state index in [1.54, 1.807) is 6.07 Å². The van der Waals surface area contributed by atoms with Crippen molar-refractivity contribution in [3.05, 3.63) is 124 Å². The van der Waals surface area contributed by atoms with Gasteiger partial charge in [0, 0.05) is 3.57 Å². The summed E-state index contributed by atoms with van der Waals surface area (Å²) in [6.45, 7) is 3.87. The molecule has 0 saturated carbocycles. The average molecular weight is 551 g/mol. The summed E-state index contributed by atoms with van der Waals surface area (Å²) in [4.78, 5) is 16.5. The van der Waals surface area contributed by atoms with E-state index in [0.717, 1.165) is 9.13 Å². The van der Waals surface area contributed by atoms with Crippen molar-refractivity contribution in [3.63, 3.8) is 0 Å². The Morgan fingerprint density at radius 1 is 0.719 bits per heavy atom. The van der Waals surface area contributed by atoms with Crippen LogP contribution in [0, 0.1) is 3.57 Å². The number of carbonyl (C=O) groups excluding carboxylic acids is 1. The Bertz CT molecular complexity index is 1150. The van der Waals surface area contributed by atoms with Crippen molar-refractivity contribution in [1.82, 2.24) is 0 Å². The van der Waals surface area contributed by atoms with E-state index >= 15 is 0 Å². The van der Waals surface area contributed by atoms with Crippen molar-refractivity contribution in [1.29, 1.82) is 0 Å². The summed E-state index contributed by atoms with van der Waals surface area (Å²) in [6.07, 6.45) is 0. The van der Waals surface area contributed by atoms with Crippen molar-refractivity contribution in [2.24, 2.45) is 0 Å². The highest BCUT2D eigenvalue weighted by Gasteiger charge is 2.30. The van der Waals surface area contributed by atoms with Crippen LogP contribution in [0.4, 0.5) is 0 Å². The van der Waals surface area contributed by atoms with Gasteiger partial charge in [-0.2, -0.15) is 0 Å². The number of halogens is 1. The van der Waals surface area contributed by atoms with Crippen LogP contribution in [-0.4, -0.2) is 5.97 Å². The molecule has 0 aliphatic carbocycles. The summed E-state index contributed by atoms with van der Waals surface area (Å²) >= 11 is 2.20. The van der Waals surface area contributed by atoms with Crippen LogP contribution in [0.1, 0.15) is 29.8 Å². The number of hydrogen-bond acceptors (Lipinski definition) is 2. The van der Waals surface area contributed by atoms with Crippen LogP contribution in [0.5, 0.6) is 0 Å². The fourth-order valence-corrected chi connectivity index (χ4v) is 6.11. The van der Waals surface area contributed by atoms with Gasteiger partial charge in [0.05, 0.1) is 16.5 Å². The minimum absolute atomic E-state index is 0.201. The van der Waals surface area contributed by atoms with Crippen molar-refractivity contribution in [3.8, 4) is 0 Å². The molecule has 0 aromatic heterocycles. The third kappa shape index (κ3) is 5.25. The van der Waals surface area contributed by atoms with Crippen LogP contribution in [0.2, 0.25) is 0 Å². The summed E-state index contributed by atoms with van der Waals surface area (Å²) in [5, 5.41) is 0. The zero-order valence-electron chi connectivity index (χ0n) is 18.0. The number of ether oxygens (including phenoxy) is 1. The van der Waals surface area contributed by atoms with Crippen molar-refractivity contribution >= 4 is 39.5 Å². The molecule has 0 radical (unpaired) electrons. The van der Waals surface area contributed by atoms with Gasteiger partial charge in [-0.1, -0.05) is 54.6 Å². The molecular formula is C28H24IO2S+. The molecule has 4 heteroatoms. The fraction of sp³-hybridized carbons (Fsp3) is 0.107. The molecule has 4 aromatic carbocycles. The first kappa shape index (κ1) is 22.6. The maximum Gasteiger partial charge on any atom is 0.339 e. The van der Waals surface area contributed by atoms with E-state index in [1.165, 1.54) is 14.7 Å². The maximum absolute atomic E-state index is 12.7. The van der Waals surface area contributed by atoms with Gasteiger partial charge >= 0.3 is 5.97 Å². The van der Waals surface area contributed by atoms with E-state index in [9.17, 15) is 4.79 Å². The minimum Gasteiger partial charge on any atom is -0.451 e. The Morgan fingerprint density at radius 3 is 1.78 bits per heavy atom. The second-order valence-electron chi connectivity index (χ2n) is 7.87. The van der Waals surface area contributed by atoms with E-state index in [2.05, 4.69) is 95.4 Å². The highest BCUT2D eigenvalue weighted by Crippen LogP contribution is 2.33. The number of carbonyl (C=O) groups is 1.